The lowest BCUT2D eigenvalue weighted by Crippen LogP contribution is -2.68. The maximum atomic E-state index is 12.7. The molecule has 0 bridgehead atoms. The van der Waals surface area contributed by atoms with Gasteiger partial charge in [0.05, 0.1) is 43.2 Å². The number of hydrogen-bond acceptors (Lipinski definition) is 13. The molecule has 308 valence electrons. The second-order valence-corrected chi connectivity index (χ2v) is 18.5. The summed E-state index contributed by atoms with van der Waals surface area (Å²) in [5.74, 6) is 0.0898. The molecule has 53 heavy (non-hydrogen) atoms. The lowest BCUT2D eigenvalue weighted by molar-refractivity contribution is -0.313. The number of aliphatic hydroxyl groups excluding tert-OH is 5. The molecule has 2 aliphatic heterocycles. The molecule has 6 aliphatic rings. The topological polar surface area (TPSA) is 186 Å². The van der Waals surface area contributed by atoms with Crippen molar-refractivity contribution in [3.8, 4) is 0 Å². The predicted molar refractivity (Wildman–Crippen MR) is 192 cm³/mol. The quantitative estimate of drug-likeness (QED) is 0.161. The first-order valence-electron chi connectivity index (χ1n) is 20.3. The van der Waals surface area contributed by atoms with E-state index < -0.39 is 73.1 Å². The first kappa shape index (κ1) is 42.1. The summed E-state index contributed by atoms with van der Waals surface area (Å²) in [7, 11) is 4.50. The van der Waals surface area contributed by atoms with Crippen LogP contribution < -0.4 is 0 Å². The van der Waals surface area contributed by atoms with Gasteiger partial charge in [0.2, 0.25) is 0 Å². The molecule has 0 aromatic carbocycles. The van der Waals surface area contributed by atoms with Crippen LogP contribution in [0, 0.1) is 46.3 Å². The normalized spacial score (nSPS) is 51.1. The van der Waals surface area contributed by atoms with Crippen LogP contribution in [-0.4, -0.2) is 144 Å². The molecule has 4 aliphatic carbocycles. The Labute approximate surface area is 315 Å². The van der Waals surface area contributed by atoms with Gasteiger partial charge in [-0.05, 0) is 91.8 Å². The Bertz CT molecular complexity index is 1210. The molecule has 0 spiro atoms. The maximum absolute atomic E-state index is 12.7. The van der Waals surface area contributed by atoms with Crippen LogP contribution in [0.25, 0.3) is 0 Å². The minimum atomic E-state index is -1.17. The number of rotatable bonds is 13. The van der Waals surface area contributed by atoms with Crippen molar-refractivity contribution in [2.24, 2.45) is 46.3 Å². The van der Waals surface area contributed by atoms with Gasteiger partial charge < -0.3 is 63.8 Å². The third-order valence-corrected chi connectivity index (χ3v) is 15.4. The summed E-state index contributed by atoms with van der Waals surface area (Å²) in [6.45, 7) is 10.7. The molecule has 13 heteroatoms. The smallest absolute Gasteiger partial charge is 0.187 e. The SMILES string of the molecule is COC1COC(OC2C(OC(CCC(C)C3CC(O)C4C3(C)CCC3C5(C)CCC(O)CC5C(O)CC34O)C(C)C)OC(CO)C2OC)C(OC)C1O. The average molecular weight is 759 g/mol. The fraction of sp³-hybridized carbons (Fsp3) is 1.00. The number of aliphatic hydroxyl groups is 6. The van der Waals surface area contributed by atoms with Gasteiger partial charge >= 0.3 is 0 Å². The van der Waals surface area contributed by atoms with Gasteiger partial charge in [-0.15, -0.1) is 0 Å². The van der Waals surface area contributed by atoms with E-state index in [1.165, 1.54) is 21.3 Å². The van der Waals surface area contributed by atoms with Crippen molar-refractivity contribution < 1.29 is 63.8 Å². The molecule has 20 unspecified atom stereocenters. The average Bonchev–Trinajstić information content (AvgIpc) is 3.59. The summed E-state index contributed by atoms with van der Waals surface area (Å²) in [6.07, 6.45) is -2.25. The zero-order valence-corrected chi connectivity index (χ0v) is 33.2. The molecular weight excluding hydrogens is 688 g/mol. The summed E-state index contributed by atoms with van der Waals surface area (Å²) < 4.78 is 42.0. The maximum Gasteiger partial charge on any atom is 0.187 e. The van der Waals surface area contributed by atoms with E-state index in [9.17, 15) is 30.6 Å². The molecule has 0 aromatic rings. The van der Waals surface area contributed by atoms with Gasteiger partial charge in [-0.2, -0.15) is 0 Å². The zero-order chi connectivity index (χ0) is 38.6. The third kappa shape index (κ3) is 7.40. The largest absolute Gasteiger partial charge is 0.394 e. The second-order valence-electron chi connectivity index (χ2n) is 18.5. The summed E-state index contributed by atoms with van der Waals surface area (Å²) >= 11 is 0. The minimum absolute atomic E-state index is 0.0282. The molecule has 4 saturated carbocycles. The second kappa shape index (κ2) is 16.4. The molecule has 20 atom stereocenters. The van der Waals surface area contributed by atoms with Crippen LogP contribution >= 0.6 is 0 Å². The number of methoxy groups -OCH3 is 3. The third-order valence-electron chi connectivity index (χ3n) is 15.4. The first-order valence-corrected chi connectivity index (χ1v) is 20.3. The number of hydrogen-bond donors (Lipinski definition) is 6. The lowest BCUT2D eigenvalue weighted by Gasteiger charge is -2.66. The van der Waals surface area contributed by atoms with Crippen molar-refractivity contribution in [2.45, 2.75) is 172 Å². The standard InChI is InChI=1S/C40H70O13/c1-20(2)27(51-37-34(32(48-7)28(18-41)52-37)53-36-33(49-8)31(45)29(47-6)19-50-36)10-9-21(3)23-16-25(43)35-39(23,5)14-12-30-38(4)13-11-22(42)15-24(38)26(44)17-40(30,35)46/h20-37,41-46H,9-19H2,1-8H3. The van der Waals surface area contributed by atoms with Crippen LogP contribution in [0.5, 0.6) is 0 Å². The van der Waals surface area contributed by atoms with Gasteiger partial charge in [-0.3, -0.25) is 0 Å². The van der Waals surface area contributed by atoms with E-state index in [1.807, 2.05) is 0 Å². The van der Waals surface area contributed by atoms with Crippen molar-refractivity contribution >= 4 is 0 Å². The molecule has 2 heterocycles. The Morgan fingerprint density at radius 2 is 1.51 bits per heavy atom. The molecule has 13 nitrogen and oxygen atoms in total. The molecule has 6 fully saturated rings. The van der Waals surface area contributed by atoms with E-state index in [1.54, 1.807) is 0 Å². The number of fused-ring (bicyclic) bond motifs is 5. The molecule has 6 N–H and O–H groups in total. The van der Waals surface area contributed by atoms with Gasteiger partial charge in [0.1, 0.15) is 36.6 Å². The Morgan fingerprint density at radius 1 is 0.811 bits per heavy atom. The fourth-order valence-corrected chi connectivity index (χ4v) is 12.6. The van der Waals surface area contributed by atoms with Crippen LogP contribution in [-0.2, 0) is 33.2 Å². The first-order chi connectivity index (χ1) is 25.1. The van der Waals surface area contributed by atoms with E-state index in [4.69, 9.17) is 33.2 Å². The van der Waals surface area contributed by atoms with Crippen molar-refractivity contribution in [1.82, 2.24) is 0 Å². The highest BCUT2D eigenvalue weighted by molar-refractivity contribution is 5.20. The Balaban J connectivity index is 1.14. The van der Waals surface area contributed by atoms with Gasteiger partial charge in [-0.25, -0.2) is 0 Å². The van der Waals surface area contributed by atoms with Crippen molar-refractivity contribution in [1.29, 1.82) is 0 Å². The predicted octanol–water partition coefficient (Wildman–Crippen LogP) is 2.38. The fourth-order valence-electron chi connectivity index (χ4n) is 12.6. The van der Waals surface area contributed by atoms with Crippen LogP contribution in [0.4, 0.5) is 0 Å². The van der Waals surface area contributed by atoms with Crippen molar-refractivity contribution in [3.05, 3.63) is 0 Å². The van der Waals surface area contributed by atoms with Gasteiger partial charge in [0.25, 0.3) is 0 Å². The van der Waals surface area contributed by atoms with Gasteiger partial charge in [-0.1, -0.05) is 34.6 Å². The van der Waals surface area contributed by atoms with E-state index in [2.05, 4.69) is 34.6 Å². The summed E-state index contributed by atoms with van der Waals surface area (Å²) in [5, 5.41) is 67.5. The summed E-state index contributed by atoms with van der Waals surface area (Å²) in [4.78, 5) is 0. The summed E-state index contributed by atoms with van der Waals surface area (Å²) in [5.41, 5.74) is -1.75. The van der Waals surface area contributed by atoms with Crippen molar-refractivity contribution in [3.63, 3.8) is 0 Å². The van der Waals surface area contributed by atoms with E-state index in [0.717, 1.165) is 25.7 Å². The number of ether oxygens (including phenoxy) is 7. The molecular formula is C40H70O13. The molecule has 0 amide bonds. The van der Waals surface area contributed by atoms with E-state index in [0.29, 0.717) is 25.7 Å². The highest BCUT2D eigenvalue weighted by Gasteiger charge is 2.70. The molecule has 0 radical (unpaired) electrons. The summed E-state index contributed by atoms with van der Waals surface area (Å²) in [6, 6.07) is 0. The molecule has 0 aromatic heterocycles. The molecule has 2 saturated heterocycles. The Kier molecular flexibility index (Phi) is 13.0. The highest BCUT2D eigenvalue weighted by Crippen LogP contribution is 2.69. The van der Waals surface area contributed by atoms with Crippen LogP contribution in [0.3, 0.4) is 0 Å². The Hall–Kier alpha value is -0.520. The van der Waals surface area contributed by atoms with Crippen LogP contribution in [0.2, 0.25) is 0 Å². The zero-order valence-electron chi connectivity index (χ0n) is 33.2. The highest BCUT2D eigenvalue weighted by atomic mass is 16.8. The van der Waals surface area contributed by atoms with Gasteiger partial charge in [0, 0.05) is 33.7 Å². The van der Waals surface area contributed by atoms with Gasteiger partial charge in [0.15, 0.2) is 12.6 Å². The van der Waals surface area contributed by atoms with Crippen molar-refractivity contribution in [2.75, 3.05) is 34.5 Å². The Morgan fingerprint density at radius 3 is 2.15 bits per heavy atom. The monoisotopic (exact) mass is 758 g/mol. The minimum Gasteiger partial charge on any atom is -0.394 e. The van der Waals surface area contributed by atoms with E-state index in [-0.39, 0.29) is 72.1 Å². The van der Waals surface area contributed by atoms with Crippen LogP contribution in [0.1, 0.15) is 92.4 Å². The lowest BCUT2D eigenvalue weighted by atomic mass is 9.42. The molecule has 6 rings (SSSR count). The van der Waals surface area contributed by atoms with E-state index >= 15 is 0 Å². The van der Waals surface area contributed by atoms with Crippen LogP contribution in [0.15, 0.2) is 0 Å².